The lowest BCUT2D eigenvalue weighted by molar-refractivity contribution is -0.133. The van der Waals surface area contributed by atoms with E-state index in [1.54, 1.807) is 4.57 Å². The van der Waals surface area contributed by atoms with E-state index in [4.69, 9.17) is 5.11 Å². The van der Waals surface area contributed by atoms with E-state index in [1.165, 1.54) is 0 Å². The predicted octanol–water partition coefficient (Wildman–Crippen LogP) is 1.11. The molecule has 2 rings (SSSR count). The van der Waals surface area contributed by atoms with Gasteiger partial charge < -0.3 is 5.11 Å². The summed E-state index contributed by atoms with van der Waals surface area (Å²) < 4.78 is 1.61. The van der Waals surface area contributed by atoms with Gasteiger partial charge >= 0.3 is 11.7 Å². The van der Waals surface area contributed by atoms with Crippen LogP contribution in [0.25, 0.3) is 0 Å². The highest BCUT2D eigenvalue weighted by Crippen LogP contribution is 2.34. The number of H-pyrrole nitrogens is 1. The van der Waals surface area contributed by atoms with Gasteiger partial charge in [-0.2, -0.15) is 0 Å². The third-order valence-corrected chi connectivity index (χ3v) is 3.97. The Hall–Kier alpha value is -1.24. The van der Waals surface area contributed by atoms with E-state index in [0.717, 1.165) is 31.0 Å². The second-order valence-electron chi connectivity index (χ2n) is 4.44. The standard InChI is InChI=1S/C10H15N3O3S/c1-6-2-3-7(4-6)13-9(16)11-12-10(13)17-5-8(14)15/h6-7H,2-5H2,1H3,(H,11,16)(H,14,15). The van der Waals surface area contributed by atoms with Crippen LogP contribution in [0, 0.1) is 5.92 Å². The van der Waals surface area contributed by atoms with Crippen molar-refractivity contribution in [2.45, 2.75) is 37.4 Å². The number of carboxylic acids is 1. The molecule has 1 aliphatic carbocycles. The molecule has 0 amide bonds. The molecule has 0 aliphatic heterocycles. The maximum Gasteiger partial charge on any atom is 0.344 e. The molecule has 94 valence electrons. The quantitative estimate of drug-likeness (QED) is 0.789. The molecule has 1 aromatic rings. The van der Waals surface area contributed by atoms with Crippen molar-refractivity contribution in [2.24, 2.45) is 5.92 Å². The first-order chi connectivity index (χ1) is 8.08. The number of nitrogens with zero attached hydrogens (tertiary/aromatic N) is 2. The van der Waals surface area contributed by atoms with Gasteiger partial charge in [0.15, 0.2) is 5.16 Å². The van der Waals surface area contributed by atoms with Gasteiger partial charge in [-0.1, -0.05) is 18.7 Å². The van der Waals surface area contributed by atoms with Crippen LogP contribution in [0.1, 0.15) is 32.2 Å². The van der Waals surface area contributed by atoms with E-state index >= 15 is 0 Å². The summed E-state index contributed by atoms with van der Waals surface area (Å²) in [5, 5.41) is 15.4. The first-order valence-corrected chi connectivity index (χ1v) is 6.58. The topological polar surface area (TPSA) is 88.0 Å². The van der Waals surface area contributed by atoms with Crippen LogP contribution in [0.2, 0.25) is 0 Å². The zero-order chi connectivity index (χ0) is 12.4. The summed E-state index contributed by atoms with van der Waals surface area (Å²) in [7, 11) is 0. The van der Waals surface area contributed by atoms with Crippen molar-refractivity contribution in [2.75, 3.05) is 5.75 Å². The van der Waals surface area contributed by atoms with Gasteiger partial charge in [-0.05, 0) is 25.2 Å². The molecule has 0 saturated heterocycles. The number of thioether (sulfide) groups is 1. The molecule has 1 aliphatic rings. The third-order valence-electron chi connectivity index (χ3n) is 3.03. The van der Waals surface area contributed by atoms with Crippen molar-refractivity contribution in [3.05, 3.63) is 10.5 Å². The Labute approximate surface area is 102 Å². The number of rotatable bonds is 4. The van der Waals surface area contributed by atoms with Crippen molar-refractivity contribution in [1.82, 2.24) is 14.8 Å². The molecule has 0 spiro atoms. The van der Waals surface area contributed by atoms with Crippen molar-refractivity contribution in [1.29, 1.82) is 0 Å². The minimum atomic E-state index is -0.906. The number of hydrogen-bond donors (Lipinski definition) is 2. The van der Waals surface area contributed by atoms with Crippen LogP contribution < -0.4 is 5.69 Å². The molecular weight excluding hydrogens is 242 g/mol. The molecule has 1 heterocycles. The molecule has 0 bridgehead atoms. The SMILES string of the molecule is CC1CCC(n2c(SCC(=O)O)n[nH]c2=O)C1. The van der Waals surface area contributed by atoms with E-state index in [9.17, 15) is 9.59 Å². The summed E-state index contributed by atoms with van der Waals surface area (Å²) in [5.41, 5.74) is -0.239. The van der Waals surface area contributed by atoms with Crippen LogP contribution in [0.15, 0.2) is 9.95 Å². The Morgan fingerprint density at radius 1 is 1.65 bits per heavy atom. The van der Waals surface area contributed by atoms with Gasteiger partial charge in [0.05, 0.1) is 5.75 Å². The molecule has 7 heteroatoms. The number of aromatic nitrogens is 3. The van der Waals surface area contributed by atoms with Crippen LogP contribution in [0.4, 0.5) is 0 Å². The third kappa shape index (κ3) is 2.71. The molecule has 1 aromatic heterocycles. The molecule has 1 saturated carbocycles. The van der Waals surface area contributed by atoms with Gasteiger partial charge in [-0.15, -0.1) is 5.10 Å². The number of carbonyl (C=O) groups is 1. The maximum atomic E-state index is 11.7. The summed E-state index contributed by atoms with van der Waals surface area (Å²) >= 11 is 1.09. The molecule has 0 aromatic carbocycles. The van der Waals surface area contributed by atoms with Crippen molar-refractivity contribution >= 4 is 17.7 Å². The first-order valence-electron chi connectivity index (χ1n) is 5.59. The minimum Gasteiger partial charge on any atom is -0.481 e. The van der Waals surface area contributed by atoms with Gasteiger partial charge in [0, 0.05) is 6.04 Å². The number of hydrogen-bond acceptors (Lipinski definition) is 4. The zero-order valence-corrected chi connectivity index (χ0v) is 10.4. The Morgan fingerprint density at radius 3 is 3.00 bits per heavy atom. The van der Waals surface area contributed by atoms with E-state index in [2.05, 4.69) is 17.1 Å². The first kappa shape index (κ1) is 12.2. The Balaban J connectivity index is 2.17. The highest BCUT2D eigenvalue weighted by Gasteiger charge is 2.26. The largest absolute Gasteiger partial charge is 0.481 e. The molecule has 2 unspecified atom stereocenters. The molecular formula is C10H15N3O3S. The van der Waals surface area contributed by atoms with E-state index in [-0.39, 0.29) is 17.5 Å². The van der Waals surface area contributed by atoms with Gasteiger partial charge in [0.25, 0.3) is 0 Å². The van der Waals surface area contributed by atoms with Crippen LogP contribution in [0.5, 0.6) is 0 Å². The minimum absolute atomic E-state index is 0.0768. The summed E-state index contributed by atoms with van der Waals surface area (Å²) in [5.74, 6) is -0.372. The van der Waals surface area contributed by atoms with E-state index in [0.29, 0.717) is 11.1 Å². The summed E-state index contributed by atoms with van der Waals surface area (Å²) in [6.07, 6.45) is 3.02. The molecule has 2 atom stereocenters. The van der Waals surface area contributed by atoms with Gasteiger partial charge in [0.1, 0.15) is 0 Å². The predicted molar refractivity (Wildman–Crippen MR) is 63.3 cm³/mol. The lowest BCUT2D eigenvalue weighted by Crippen LogP contribution is -2.21. The lowest BCUT2D eigenvalue weighted by atomic mass is 10.1. The lowest BCUT2D eigenvalue weighted by Gasteiger charge is -2.12. The van der Waals surface area contributed by atoms with Crippen molar-refractivity contribution in [3.8, 4) is 0 Å². The van der Waals surface area contributed by atoms with Crippen LogP contribution in [0.3, 0.4) is 0 Å². The number of aromatic amines is 1. The smallest absolute Gasteiger partial charge is 0.344 e. The molecule has 1 fully saturated rings. The highest BCUT2D eigenvalue weighted by atomic mass is 32.2. The van der Waals surface area contributed by atoms with Crippen molar-refractivity contribution in [3.63, 3.8) is 0 Å². The number of aliphatic carboxylic acids is 1. The fourth-order valence-electron chi connectivity index (χ4n) is 2.25. The van der Waals surface area contributed by atoms with Gasteiger partial charge in [0.2, 0.25) is 0 Å². The summed E-state index contributed by atoms with van der Waals surface area (Å²) in [4.78, 5) is 22.2. The normalized spacial score (nSPS) is 24.1. The van der Waals surface area contributed by atoms with Crippen molar-refractivity contribution < 1.29 is 9.90 Å². The number of nitrogens with one attached hydrogen (secondary N) is 1. The second-order valence-corrected chi connectivity index (χ2v) is 5.38. The van der Waals surface area contributed by atoms with E-state index < -0.39 is 5.97 Å². The maximum absolute atomic E-state index is 11.7. The Kier molecular flexibility index (Phi) is 3.56. The molecule has 2 N–H and O–H groups in total. The second kappa shape index (κ2) is 4.95. The van der Waals surface area contributed by atoms with Gasteiger partial charge in [-0.25, -0.2) is 9.89 Å². The average Bonchev–Trinajstić information content (AvgIpc) is 2.82. The zero-order valence-electron chi connectivity index (χ0n) is 9.55. The monoisotopic (exact) mass is 257 g/mol. The fraction of sp³-hybridized carbons (Fsp3) is 0.700. The van der Waals surface area contributed by atoms with E-state index in [1.807, 2.05) is 0 Å². The molecule has 6 nitrogen and oxygen atoms in total. The Bertz CT molecular complexity index is 468. The van der Waals surface area contributed by atoms with Crippen LogP contribution in [-0.2, 0) is 4.79 Å². The van der Waals surface area contributed by atoms with Gasteiger partial charge in [-0.3, -0.25) is 9.36 Å². The number of carboxylic acid groups (broad SMARTS) is 1. The summed E-state index contributed by atoms with van der Waals surface area (Å²) in [6.45, 7) is 2.16. The molecule has 17 heavy (non-hydrogen) atoms. The average molecular weight is 257 g/mol. The fourth-order valence-corrected chi connectivity index (χ4v) is 2.99. The highest BCUT2D eigenvalue weighted by molar-refractivity contribution is 7.99. The summed E-state index contributed by atoms with van der Waals surface area (Å²) in [6, 6.07) is 0.160. The Morgan fingerprint density at radius 2 is 2.41 bits per heavy atom. The van der Waals surface area contributed by atoms with Crippen LogP contribution in [-0.4, -0.2) is 31.6 Å². The van der Waals surface area contributed by atoms with Crippen LogP contribution >= 0.6 is 11.8 Å². The molecule has 0 radical (unpaired) electrons.